The minimum atomic E-state index is -0.238. The zero-order chi connectivity index (χ0) is 9.97. The molecular formula is C10H15N3O. The Balaban J connectivity index is 2.00. The minimum absolute atomic E-state index is 0.145. The molecule has 2 atom stereocenters. The van der Waals surface area contributed by atoms with E-state index in [0.29, 0.717) is 0 Å². The molecule has 0 spiro atoms. The average Bonchev–Trinajstić information content (AvgIpc) is 2.56. The third-order valence-corrected chi connectivity index (χ3v) is 2.61. The van der Waals surface area contributed by atoms with Crippen LogP contribution in [0.4, 0.5) is 5.82 Å². The molecule has 1 aliphatic rings. The van der Waals surface area contributed by atoms with E-state index in [9.17, 15) is 5.11 Å². The summed E-state index contributed by atoms with van der Waals surface area (Å²) in [7, 11) is 0. The van der Waals surface area contributed by atoms with Gasteiger partial charge in [-0.3, -0.25) is 0 Å². The summed E-state index contributed by atoms with van der Waals surface area (Å²) in [5.74, 6) is 0.751. The summed E-state index contributed by atoms with van der Waals surface area (Å²) in [6.45, 7) is 1.90. The van der Waals surface area contributed by atoms with Crippen molar-refractivity contribution in [2.45, 2.75) is 38.3 Å². The molecule has 0 aliphatic heterocycles. The van der Waals surface area contributed by atoms with Crippen molar-refractivity contribution in [3.8, 4) is 0 Å². The summed E-state index contributed by atoms with van der Waals surface area (Å²) in [6.07, 6.45) is 2.74. The second-order valence-electron chi connectivity index (χ2n) is 3.81. The maximum atomic E-state index is 9.59. The Morgan fingerprint density at radius 2 is 2.21 bits per heavy atom. The van der Waals surface area contributed by atoms with Crippen molar-refractivity contribution in [1.82, 2.24) is 10.2 Å². The summed E-state index contributed by atoms with van der Waals surface area (Å²) in [5, 5.41) is 20.7. The topological polar surface area (TPSA) is 58.0 Å². The van der Waals surface area contributed by atoms with Crippen LogP contribution in [0.2, 0.25) is 0 Å². The van der Waals surface area contributed by atoms with Crippen LogP contribution in [0.3, 0.4) is 0 Å². The highest BCUT2D eigenvalue weighted by Gasteiger charge is 2.25. The zero-order valence-electron chi connectivity index (χ0n) is 8.27. The van der Waals surface area contributed by atoms with Gasteiger partial charge in [-0.15, -0.1) is 5.10 Å². The standard InChI is InChI=1S/C10H15N3O/c1-7-5-6-10(13-12-7)11-8-3-2-4-9(8)14/h5-6,8-9,14H,2-4H2,1H3,(H,11,13)/t8-,9-/m1/s1. The van der Waals surface area contributed by atoms with Gasteiger partial charge in [0.05, 0.1) is 17.8 Å². The number of aromatic nitrogens is 2. The number of aryl methyl sites for hydroxylation is 1. The Morgan fingerprint density at radius 1 is 1.36 bits per heavy atom. The van der Waals surface area contributed by atoms with Crippen molar-refractivity contribution in [2.75, 3.05) is 5.32 Å². The first kappa shape index (κ1) is 9.40. The summed E-state index contributed by atoms with van der Waals surface area (Å²) in [4.78, 5) is 0. The number of aliphatic hydroxyl groups excluding tert-OH is 1. The fourth-order valence-corrected chi connectivity index (χ4v) is 1.77. The Morgan fingerprint density at radius 3 is 2.79 bits per heavy atom. The lowest BCUT2D eigenvalue weighted by Crippen LogP contribution is -2.28. The number of nitrogens with one attached hydrogen (secondary N) is 1. The number of aliphatic hydroxyl groups is 1. The minimum Gasteiger partial charge on any atom is -0.391 e. The summed E-state index contributed by atoms with van der Waals surface area (Å²) >= 11 is 0. The average molecular weight is 193 g/mol. The molecule has 0 radical (unpaired) electrons. The highest BCUT2D eigenvalue weighted by atomic mass is 16.3. The normalized spacial score (nSPS) is 26.4. The van der Waals surface area contributed by atoms with E-state index in [2.05, 4.69) is 15.5 Å². The second-order valence-corrected chi connectivity index (χ2v) is 3.81. The van der Waals surface area contributed by atoms with Gasteiger partial charge in [0.25, 0.3) is 0 Å². The largest absolute Gasteiger partial charge is 0.391 e. The van der Waals surface area contributed by atoms with E-state index < -0.39 is 0 Å². The fraction of sp³-hybridized carbons (Fsp3) is 0.600. The van der Waals surface area contributed by atoms with Crippen molar-refractivity contribution >= 4 is 5.82 Å². The van der Waals surface area contributed by atoms with Crippen LogP contribution in [0.15, 0.2) is 12.1 Å². The molecule has 1 aliphatic carbocycles. The lowest BCUT2D eigenvalue weighted by Gasteiger charge is -2.16. The quantitative estimate of drug-likeness (QED) is 0.738. The predicted octanol–water partition coefficient (Wildman–Crippen LogP) is 1.11. The maximum Gasteiger partial charge on any atom is 0.148 e. The Hall–Kier alpha value is -1.16. The molecule has 4 heteroatoms. The van der Waals surface area contributed by atoms with Crippen LogP contribution >= 0.6 is 0 Å². The van der Waals surface area contributed by atoms with Gasteiger partial charge in [-0.1, -0.05) is 0 Å². The van der Waals surface area contributed by atoms with E-state index in [0.717, 1.165) is 30.8 Å². The van der Waals surface area contributed by atoms with Crippen molar-refractivity contribution in [3.63, 3.8) is 0 Å². The maximum absolute atomic E-state index is 9.59. The van der Waals surface area contributed by atoms with Gasteiger partial charge < -0.3 is 10.4 Å². The van der Waals surface area contributed by atoms with E-state index in [1.165, 1.54) is 0 Å². The van der Waals surface area contributed by atoms with Gasteiger partial charge in [0.15, 0.2) is 0 Å². The van der Waals surface area contributed by atoms with Gasteiger partial charge in [-0.25, -0.2) is 0 Å². The molecule has 4 nitrogen and oxygen atoms in total. The molecular weight excluding hydrogens is 178 g/mol. The Kier molecular flexibility index (Phi) is 2.63. The first-order valence-corrected chi connectivity index (χ1v) is 5.00. The summed E-state index contributed by atoms with van der Waals surface area (Å²) < 4.78 is 0. The van der Waals surface area contributed by atoms with Gasteiger partial charge in [-0.2, -0.15) is 5.10 Å². The Bertz CT molecular complexity index is 299. The van der Waals surface area contributed by atoms with E-state index in [1.807, 2.05) is 19.1 Å². The van der Waals surface area contributed by atoms with Crippen LogP contribution in [0, 0.1) is 6.92 Å². The highest BCUT2D eigenvalue weighted by Crippen LogP contribution is 2.21. The summed E-state index contributed by atoms with van der Waals surface area (Å²) in [5.41, 5.74) is 0.905. The SMILES string of the molecule is Cc1ccc(N[C@@H]2CCC[C@H]2O)nn1. The fourth-order valence-electron chi connectivity index (χ4n) is 1.77. The highest BCUT2D eigenvalue weighted by molar-refractivity contribution is 5.34. The molecule has 76 valence electrons. The van der Waals surface area contributed by atoms with E-state index in [4.69, 9.17) is 0 Å². The number of nitrogens with zero attached hydrogens (tertiary/aromatic N) is 2. The molecule has 2 N–H and O–H groups in total. The van der Waals surface area contributed by atoms with Crippen LogP contribution < -0.4 is 5.32 Å². The van der Waals surface area contributed by atoms with Crippen molar-refractivity contribution in [3.05, 3.63) is 17.8 Å². The predicted molar refractivity (Wildman–Crippen MR) is 54.0 cm³/mol. The zero-order valence-corrected chi connectivity index (χ0v) is 8.27. The van der Waals surface area contributed by atoms with E-state index in [1.54, 1.807) is 0 Å². The van der Waals surface area contributed by atoms with Gasteiger partial charge in [-0.05, 0) is 38.3 Å². The lowest BCUT2D eigenvalue weighted by molar-refractivity contribution is 0.171. The van der Waals surface area contributed by atoms with Gasteiger partial charge in [0.2, 0.25) is 0 Å². The molecule has 0 amide bonds. The third-order valence-electron chi connectivity index (χ3n) is 2.61. The first-order chi connectivity index (χ1) is 6.75. The van der Waals surface area contributed by atoms with Crippen molar-refractivity contribution < 1.29 is 5.11 Å². The van der Waals surface area contributed by atoms with Gasteiger partial charge in [0, 0.05) is 0 Å². The molecule has 0 aromatic carbocycles. The monoisotopic (exact) mass is 193 g/mol. The van der Waals surface area contributed by atoms with Crippen LogP contribution in [0.1, 0.15) is 25.0 Å². The molecule has 1 aromatic rings. The molecule has 0 saturated heterocycles. The van der Waals surface area contributed by atoms with Crippen molar-refractivity contribution in [2.24, 2.45) is 0 Å². The smallest absolute Gasteiger partial charge is 0.148 e. The number of hydrogen-bond acceptors (Lipinski definition) is 4. The number of rotatable bonds is 2. The molecule has 0 unspecified atom stereocenters. The molecule has 0 bridgehead atoms. The number of anilines is 1. The molecule has 1 saturated carbocycles. The van der Waals surface area contributed by atoms with E-state index >= 15 is 0 Å². The van der Waals surface area contributed by atoms with Crippen LogP contribution in [0.25, 0.3) is 0 Å². The van der Waals surface area contributed by atoms with Crippen molar-refractivity contribution in [1.29, 1.82) is 0 Å². The molecule has 2 rings (SSSR count). The molecule has 1 aromatic heterocycles. The van der Waals surface area contributed by atoms with Crippen LogP contribution in [0.5, 0.6) is 0 Å². The van der Waals surface area contributed by atoms with Crippen LogP contribution in [-0.2, 0) is 0 Å². The third kappa shape index (κ3) is 2.01. The van der Waals surface area contributed by atoms with E-state index in [-0.39, 0.29) is 12.1 Å². The van der Waals surface area contributed by atoms with Gasteiger partial charge >= 0.3 is 0 Å². The summed E-state index contributed by atoms with van der Waals surface area (Å²) in [6, 6.07) is 3.95. The second kappa shape index (κ2) is 3.92. The lowest BCUT2D eigenvalue weighted by atomic mass is 10.2. The molecule has 1 fully saturated rings. The Labute approximate surface area is 83.4 Å². The van der Waals surface area contributed by atoms with Crippen LogP contribution in [-0.4, -0.2) is 27.4 Å². The molecule has 14 heavy (non-hydrogen) atoms. The number of hydrogen-bond donors (Lipinski definition) is 2. The van der Waals surface area contributed by atoms with Gasteiger partial charge in [0.1, 0.15) is 5.82 Å². The first-order valence-electron chi connectivity index (χ1n) is 5.00. The molecule has 1 heterocycles.